The summed E-state index contributed by atoms with van der Waals surface area (Å²) in [6.45, 7) is 13.7. The summed E-state index contributed by atoms with van der Waals surface area (Å²) in [4.78, 5) is 0. The first-order valence-electron chi connectivity index (χ1n) is 7.97. The van der Waals surface area contributed by atoms with Crippen LogP contribution in [-0.2, 0) is 0 Å². The Morgan fingerprint density at radius 1 is 0.944 bits per heavy atom. The van der Waals surface area contributed by atoms with Gasteiger partial charge in [-0.1, -0.05) is 48.0 Å². The summed E-state index contributed by atoms with van der Waals surface area (Å²) in [5, 5.41) is 11.2. The van der Waals surface area contributed by atoms with Gasteiger partial charge in [0.15, 0.2) is 0 Å². The van der Waals surface area contributed by atoms with E-state index in [1.807, 2.05) is 0 Å². The zero-order chi connectivity index (χ0) is 13.9. The molecule has 108 valence electrons. The fourth-order valence-corrected chi connectivity index (χ4v) is 3.87. The Labute approximate surface area is 114 Å². The second-order valence-electron chi connectivity index (χ2n) is 7.76. The van der Waals surface area contributed by atoms with Crippen LogP contribution in [0.15, 0.2) is 0 Å². The van der Waals surface area contributed by atoms with E-state index in [0.29, 0.717) is 17.8 Å². The second kappa shape index (κ2) is 6.41. The lowest BCUT2D eigenvalue weighted by Crippen LogP contribution is -2.43. The van der Waals surface area contributed by atoms with E-state index in [9.17, 15) is 5.11 Å². The van der Waals surface area contributed by atoms with Crippen molar-refractivity contribution in [2.24, 2.45) is 29.6 Å². The molecule has 0 spiro atoms. The molecule has 1 heteroatoms. The third-order valence-electron chi connectivity index (χ3n) is 4.88. The SMILES string of the molecule is CC(C)CC(O)(CC(C)C)C1CCC(C)C(C)C1. The van der Waals surface area contributed by atoms with Gasteiger partial charge in [0.05, 0.1) is 5.60 Å². The molecule has 1 aliphatic rings. The summed E-state index contributed by atoms with van der Waals surface area (Å²) >= 11 is 0. The van der Waals surface area contributed by atoms with E-state index >= 15 is 0 Å². The molecule has 0 amide bonds. The van der Waals surface area contributed by atoms with Gasteiger partial charge in [0.2, 0.25) is 0 Å². The fourth-order valence-electron chi connectivity index (χ4n) is 3.87. The van der Waals surface area contributed by atoms with Gasteiger partial charge in [0, 0.05) is 0 Å². The number of hydrogen-bond acceptors (Lipinski definition) is 1. The predicted octanol–water partition coefficient (Wildman–Crippen LogP) is 4.88. The van der Waals surface area contributed by atoms with Crippen molar-refractivity contribution in [2.45, 2.75) is 79.2 Å². The minimum atomic E-state index is -0.420. The fraction of sp³-hybridized carbons (Fsp3) is 1.00. The maximum atomic E-state index is 11.2. The molecule has 0 aromatic heterocycles. The smallest absolute Gasteiger partial charge is 0.0680 e. The molecule has 1 saturated carbocycles. The Morgan fingerprint density at radius 2 is 1.44 bits per heavy atom. The second-order valence-corrected chi connectivity index (χ2v) is 7.76. The largest absolute Gasteiger partial charge is 0.390 e. The zero-order valence-electron chi connectivity index (χ0n) is 13.4. The van der Waals surface area contributed by atoms with Crippen LogP contribution in [0.1, 0.15) is 73.6 Å². The minimum absolute atomic E-state index is 0.420. The van der Waals surface area contributed by atoms with Gasteiger partial charge in [-0.2, -0.15) is 0 Å². The highest BCUT2D eigenvalue weighted by atomic mass is 16.3. The molecule has 1 fully saturated rings. The Balaban J connectivity index is 2.76. The van der Waals surface area contributed by atoms with Crippen LogP contribution >= 0.6 is 0 Å². The van der Waals surface area contributed by atoms with Crippen molar-refractivity contribution in [1.82, 2.24) is 0 Å². The molecule has 1 aliphatic carbocycles. The van der Waals surface area contributed by atoms with E-state index in [2.05, 4.69) is 41.5 Å². The lowest BCUT2D eigenvalue weighted by atomic mass is 9.65. The molecule has 1 rings (SSSR count). The van der Waals surface area contributed by atoms with E-state index in [-0.39, 0.29) is 0 Å². The van der Waals surface area contributed by atoms with Crippen molar-refractivity contribution >= 4 is 0 Å². The molecule has 3 unspecified atom stereocenters. The van der Waals surface area contributed by atoms with Gasteiger partial charge >= 0.3 is 0 Å². The van der Waals surface area contributed by atoms with Crippen molar-refractivity contribution < 1.29 is 5.11 Å². The van der Waals surface area contributed by atoms with Crippen LogP contribution in [0.4, 0.5) is 0 Å². The van der Waals surface area contributed by atoms with E-state index in [4.69, 9.17) is 0 Å². The third-order valence-corrected chi connectivity index (χ3v) is 4.88. The zero-order valence-corrected chi connectivity index (χ0v) is 13.4. The molecule has 0 aliphatic heterocycles. The Bertz CT molecular complexity index is 234. The van der Waals surface area contributed by atoms with Crippen molar-refractivity contribution in [1.29, 1.82) is 0 Å². The highest BCUT2D eigenvalue weighted by molar-refractivity contribution is 4.92. The van der Waals surface area contributed by atoms with Gasteiger partial charge in [0.1, 0.15) is 0 Å². The lowest BCUT2D eigenvalue weighted by molar-refractivity contribution is -0.0751. The molecule has 0 bridgehead atoms. The molecule has 0 radical (unpaired) electrons. The molecule has 0 aromatic carbocycles. The molecular formula is C17H34O. The number of rotatable bonds is 5. The summed E-state index contributed by atoms with van der Waals surface area (Å²) < 4.78 is 0. The van der Waals surface area contributed by atoms with Gasteiger partial charge in [-0.3, -0.25) is 0 Å². The Morgan fingerprint density at radius 3 is 1.83 bits per heavy atom. The van der Waals surface area contributed by atoms with E-state index in [1.54, 1.807) is 0 Å². The summed E-state index contributed by atoms with van der Waals surface area (Å²) in [5.41, 5.74) is -0.420. The van der Waals surface area contributed by atoms with E-state index < -0.39 is 5.60 Å². The van der Waals surface area contributed by atoms with Crippen LogP contribution in [0.3, 0.4) is 0 Å². The topological polar surface area (TPSA) is 20.2 Å². The molecule has 18 heavy (non-hydrogen) atoms. The van der Waals surface area contributed by atoms with Crippen LogP contribution in [0.25, 0.3) is 0 Å². The summed E-state index contributed by atoms with van der Waals surface area (Å²) in [6, 6.07) is 0. The van der Waals surface area contributed by atoms with Crippen LogP contribution in [0.2, 0.25) is 0 Å². The summed E-state index contributed by atoms with van der Waals surface area (Å²) in [7, 11) is 0. The number of aliphatic hydroxyl groups is 1. The van der Waals surface area contributed by atoms with Crippen molar-refractivity contribution in [2.75, 3.05) is 0 Å². The Hall–Kier alpha value is -0.0400. The highest BCUT2D eigenvalue weighted by Gasteiger charge is 2.40. The highest BCUT2D eigenvalue weighted by Crippen LogP contribution is 2.43. The van der Waals surface area contributed by atoms with Gasteiger partial charge in [-0.25, -0.2) is 0 Å². The maximum Gasteiger partial charge on any atom is 0.0680 e. The Kier molecular flexibility index (Phi) is 5.70. The summed E-state index contributed by atoms with van der Waals surface area (Å²) in [6.07, 6.45) is 5.68. The molecule has 0 heterocycles. The van der Waals surface area contributed by atoms with Crippen molar-refractivity contribution in [3.63, 3.8) is 0 Å². The van der Waals surface area contributed by atoms with Crippen molar-refractivity contribution in [3.8, 4) is 0 Å². The molecule has 0 saturated heterocycles. The normalized spacial score (nSPS) is 30.2. The van der Waals surface area contributed by atoms with Crippen molar-refractivity contribution in [3.05, 3.63) is 0 Å². The first-order valence-corrected chi connectivity index (χ1v) is 7.97. The molecule has 1 N–H and O–H groups in total. The van der Waals surface area contributed by atoms with Crippen LogP contribution in [0.5, 0.6) is 0 Å². The van der Waals surface area contributed by atoms with Gasteiger partial charge in [-0.05, 0) is 55.3 Å². The standard InChI is InChI=1S/C17H34O/c1-12(2)10-17(18,11-13(3)4)16-8-7-14(5)15(6)9-16/h12-16,18H,7-11H2,1-6H3. The quantitative estimate of drug-likeness (QED) is 0.741. The summed E-state index contributed by atoms with van der Waals surface area (Å²) in [5.74, 6) is 3.30. The lowest BCUT2D eigenvalue weighted by Gasteiger charge is -2.44. The minimum Gasteiger partial charge on any atom is -0.390 e. The first kappa shape index (κ1) is 16.0. The molecule has 1 nitrogen and oxygen atoms in total. The van der Waals surface area contributed by atoms with Gasteiger partial charge in [0.25, 0.3) is 0 Å². The predicted molar refractivity (Wildman–Crippen MR) is 79.5 cm³/mol. The van der Waals surface area contributed by atoms with E-state index in [1.165, 1.54) is 19.3 Å². The monoisotopic (exact) mass is 254 g/mol. The van der Waals surface area contributed by atoms with E-state index in [0.717, 1.165) is 24.7 Å². The average Bonchev–Trinajstić information content (AvgIpc) is 2.19. The van der Waals surface area contributed by atoms with Crippen LogP contribution in [-0.4, -0.2) is 10.7 Å². The van der Waals surface area contributed by atoms with Gasteiger partial charge < -0.3 is 5.11 Å². The first-order chi connectivity index (χ1) is 8.24. The van der Waals surface area contributed by atoms with Crippen LogP contribution < -0.4 is 0 Å². The molecule has 0 aromatic rings. The number of hydrogen-bond donors (Lipinski definition) is 1. The third kappa shape index (κ3) is 4.26. The van der Waals surface area contributed by atoms with Crippen LogP contribution in [0, 0.1) is 29.6 Å². The molecule has 3 atom stereocenters. The maximum absolute atomic E-state index is 11.2. The van der Waals surface area contributed by atoms with Gasteiger partial charge in [-0.15, -0.1) is 0 Å². The average molecular weight is 254 g/mol. The molecular weight excluding hydrogens is 220 g/mol.